The summed E-state index contributed by atoms with van der Waals surface area (Å²) in [5.41, 5.74) is 5.30. The van der Waals surface area contributed by atoms with E-state index in [2.05, 4.69) is 4.72 Å². The number of nitrogens with two attached hydrogens (primary N) is 1. The number of hydrogen-bond acceptors (Lipinski definition) is 3. The number of halogens is 1. The molecule has 2 atom stereocenters. The first kappa shape index (κ1) is 14.9. The molecule has 110 valence electrons. The minimum atomic E-state index is -3.99. The topological polar surface area (TPSA) is 89.3 Å². The van der Waals surface area contributed by atoms with Crippen molar-refractivity contribution in [3.63, 3.8) is 0 Å². The van der Waals surface area contributed by atoms with Gasteiger partial charge in [-0.1, -0.05) is 25.0 Å². The number of benzene rings is 1. The largest absolute Gasteiger partial charge is 0.369 e. The molecule has 1 fully saturated rings. The molecule has 0 heterocycles. The van der Waals surface area contributed by atoms with Crippen molar-refractivity contribution in [2.45, 2.75) is 36.6 Å². The number of rotatable bonds is 4. The van der Waals surface area contributed by atoms with E-state index in [0.717, 1.165) is 18.9 Å². The Morgan fingerprint density at radius 1 is 1.25 bits per heavy atom. The molecule has 0 unspecified atom stereocenters. The molecule has 0 bridgehead atoms. The smallest absolute Gasteiger partial charge is 0.243 e. The molecule has 1 saturated carbocycles. The number of hydrogen-bond donors (Lipinski definition) is 2. The van der Waals surface area contributed by atoms with Crippen LogP contribution in [0.4, 0.5) is 4.39 Å². The van der Waals surface area contributed by atoms with Crippen LogP contribution in [0.1, 0.15) is 25.7 Å². The molecule has 7 heteroatoms. The average molecular weight is 300 g/mol. The van der Waals surface area contributed by atoms with E-state index in [1.807, 2.05) is 0 Å². The zero-order chi connectivity index (χ0) is 14.8. The highest BCUT2D eigenvalue weighted by atomic mass is 32.2. The molecule has 1 aliphatic carbocycles. The zero-order valence-electron chi connectivity index (χ0n) is 10.9. The Hall–Kier alpha value is -1.47. The molecule has 3 N–H and O–H groups in total. The summed E-state index contributed by atoms with van der Waals surface area (Å²) in [5, 5.41) is 0. The van der Waals surface area contributed by atoms with Crippen LogP contribution in [0.2, 0.25) is 0 Å². The van der Waals surface area contributed by atoms with Crippen molar-refractivity contribution in [1.29, 1.82) is 0 Å². The van der Waals surface area contributed by atoms with Gasteiger partial charge >= 0.3 is 0 Å². The highest BCUT2D eigenvalue weighted by Crippen LogP contribution is 2.26. The normalized spacial score (nSPS) is 23.4. The van der Waals surface area contributed by atoms with E-state index < -0.39 is 38.6 Å². The van der Waals surface area contributed by atoms with Gasteiger partial charge in [-0.3, -0.25) is 4.79 Å². The van der Waals surface area contributed by atoms with Gasteiger partial charge in [0.15, 0.2) is 0 Å². The lowest BCUT2D eigenvalue weighted by atomic mass is 9.85. The van der Waals surface area contributed by atoms with Gasteiger partial charge in [0.25, 0.3) is 0 Å². The van der Waals surface area contributed by atoms with Crippen LogP contribution in [0.25, 0.3) is 0 Å². The fourth-order valence-corrected chi connectivity index (χ4v) is 3.93. The van der Waals surface area contributed by atoms with Gasteiger partial charge in [0, 0.05) is 6.04 Å². The van der Waals surface area contributed by atoms with Gasteiger partial charge in [0.2, 0.25) is 15.9 Å². The van der Waals surface area contributed by atoms with Crippen molar-refractivity contribution in [3.05, 3.63) is 30.1 Å². The second-order valence-electron chi connectivity index (χ2n) is 4.95. The molecule has 1 aromatic rings. The van der Waals surface area contributed by atoms with E-state index in [1.54, 1.807) is 0 Å². The zero-order valence-corrected chi connectivity index (χ0v) is 11.7. The SMILES string of the molecule is NC(=O)[C@@H]1CCCC[C@@H]1NS(=O)(=O)c1ccccc1F. The van der Waals surface area contributed by atoms with E-state index >= 15 is 0 Å². The van der Waals surface area contributed by atoms with Gasteiger partial charge in [-0.15, -0.1) is 0 Å². The van der Waals surface area contributed by atoms with E-state index in [4.69, 9.17) is 5.73 Å². The molecule has 1 aromatic carbocycles. The number of carbonyl (C=O) groups is 1. The quantitative estimate of drug-likeness (QED) is 0.874. The highest BCUT2D eigenvalue weighted by molar-refractivity contribution is 7.89. The van der Waals surface area contributed by atoms with Crippen LogP contribution in [-0.2, 0) is 14.8 Å². The first-order valence-electron chi connectivity index (χ1n) is 6.48. The monoisotopic (exact) mass is 300 g/mol. The van der Waals surface area contributed by atoms with Crippen molar-refractivity contribution in [3.8, 4) is 0 Å². The molecule has 0 radical (unpaired) electrons. The van der Waals surface area contributed by atoms with Crippen molar-refractivity contribution in [2.75, 3.05) is 0 Å². The Balaban J connectivity index is 2.23. The number of sulfonamides is 1. The summed E-state index contributed by atoms with van der Waals surface area (Å²) < 4.78 is 40.4. The minimum absolute atomic E-state index is 0.409. The maximum Gasteiger partial charge on any atom is 0.243 e. The average Bonchev–Trinajstić information content (AvgIpc) is 2.39. The van der Waals surface area contributed by atoms with E-state index in [0.29, 0.717) is 12.8 Å². The van der Waals surface area contributed by atoms with E-state index in [1.165, 1.54) is 18.2 Å². The van der Waals surface area contributed by atoms with Crippen LogP contribution >= 0.6 is 0 Å². The molecular weight excluding hydrogens is 283 g/mol. The summed E-state index contributed by atoms with van der Waals surface area (Å²) in [6.45, 7) is 0. The van der Waals surface area contributed by atoms with Crippen molar-refractivity contribution in [2.24, 2.45) is 11.7 Å². The predicted molar refractivity (Wildman–Crippen MR) is 71.7 cm³/mol. The first-order chi connectivity index (χ1) is 9.42. The summed E-state index contributed by atoms with van der Waals surface area (Å²) in [6.07, 6.45) is 2.74. The third kappa shape index (κ3) is 3.16. The lowest BCUT2D eigenvalue weighted by Crippen LogP contribution is -2.47. The van der Waals surface area contributed by atoms with Gasteiger partial charge in [-0.05, 0) is 25.0 Å². The molecule has 0 spiro atoms. The van der Waals surface area contributed by atoms with E-state index in [-0.39, 0.29) is 0 Å². The van der Waals surface area contributed by atoms with Crippen molar-refractivity contribution in [1.82, 2.24) is 4.72 Å². The summed E-state index contributed by atoms with van der Waals surface area (Å²) in [7, 11) is -3.99. The van der Waals surface area contributed by atoms with Crippen LogP contribution in [0.3, 0.4) is 0 Å². The Kier molecular flexibility index (Phi) is 4.39. The minimum Gasteiger partial charge on any atom is -0.369 e. The molecular formula is C13H17FN2O3S. The lowest BCUT2D eigenvalue weighted by Gasteiger charge is -2.29. The fourth-order valence-electron chi connectivity index (χ4n) is 2.54. The third-order valence-electron chi connectivity index (χ3n) is 3.56. The van der Waals surface area contributed by atoms with Crippen LogP contribution in [0.5, 0.6) is 0 Å². The lowest BCUT2D eigenvalue weighted by molar-refractivity contribution is -0.123. The molecule has 0 saturated heterocycles. The van der Waals surface area contributed by atoms with Crippen LogP contribution in [0.15, 0.2) is 29.2 Å². The number of carbonyl (C=O) groups excluding carboxylic acids is 1. The Morgan fingerprint density at radius 2 is 1.90 bits per heavy atom. The summed E-state index contributed by atoms with van der Waals surface area (Å²) >= 11 is 0. The van der Waals surface area contributed by atoms with Crippen LogP contribution in [0, 0.1) is 11.7 Å². The molecule has 0 aliphatic heterocycles. The van der Waals surface area contributed by atoms with E-state index in [9.17, 15) is 17.6 Å². The van der Waals surface area contributed by atoms with Gasteiger partial charge in [0.05, 0.1) is 5.92 Å². The molecule has 0 aromatic heterocycles. The Morgan fingerprint density at radius 3 is 2.55 bits per heavy atom. The van der Waals surface area contributed by atoms with Crippen LogP contribution in [-0.4, -0.2) is 20.4 Å². The van der Waals surface area contributed by atoms with Gasteiger partial charge in [-0.2, -0.15) is 0 Å². The Labute approximate surface area is 117 Å². The second-order valence-corrected chi connectivity index (χ2v) is 6.63. The Bertz CT molecular complexity index is 603. The number of primary amides is 1. The molecule has 2 rings (SSSR count). The standard InChI is InChI=1S/C13H17FN2O3S/c14-10-6-2-4-8-12(10)20(18,19)16-11-7-3-1-5-9(11)13(15)17/h2,4,6,8-9,11,16H,1,3,5,7H2,(H2,15,17)/t9-,11+/m1/s1. The highest BCUT2D eigenvalue weighted by Gasteiger charge is 2.33. The summed E-state index contributed by atoms with van der Waals surface area (Å²) in [6, 6.07) is 4.58. The maximum absolute atomic E-state index is 13.6. The van der Waals surface area contributed by atoms with Gasteiger partial charge in [-0.25, -0.2) is 17.5 Å². The van der Waals surface area contributed by atoms with Crippen LogP contribution < -0.4 is 10.5 Å². The summed E-state index contributed by atoms with van der Waals surface area (Å²) in [5.74, 6) is -1.87. The molecule has 20 heavy (non-hydrogen) atoms. The van der Waals surface area contributed by atoms with Crippen molar-refractivity contribution < 1.29 is 17.6 Å². The number of amides is 1. The molecule has 5 nitrogen and oxygen atoms in total. The summed E-state index contributed by atoms with van der Waals surface area (Å²) in [4.78, 5) is 11.0. The molecule has 1 aliphatic rings. The number of nitrogens with one attached hydrogen (secondary N) is 1. The van der Waals surface area contributed by atoms with Gasteiger partial charge in [0.1, 0.15) is 10.7 Å². The van der Waals surface area contributed by atoms with Gasteiger partial charge < -0.3 is 5.73 Å². The molecule has 1 amide bonds. The maximum atomic E-state index is 13.6. The fraction of sp³-hybridized carbons (Fsp3) is 0.462. The van der Waals surface area contributed by atoms with Crippen molar-refractivity contribution >= 4 is 15.9 Å². The third-order valence-corrected chi connectivity index (χ3v) is 5.09. The second kappa shape index (κ2) is 5.88. The first-order valence-corrected chi connectivity index (χ1v) is 7.96. The predicted octanol–water partition coefficient (Wildman–Crippen LogP) is 1.15.